The van der Waals surface area contributed by atoms with Crippen molar-refractivity contribution in [2.75, 3.05) is 19.6 Å². The fraction of sp³-hybridized carbons (Fsp3) is 0.588. The second kappa shape index (κ2) is 5.86. The Morgan fingerprint density at radius 1 is 1.48 bits per heavy atom. The number of fused-ring (bicyclic) bond motifs is 1. The highest BCUT2D eigenvalue weighted by Crippen LogP contribution is 2.54. The standard InChI is InChI=1S/C17H22FN5O2/c1-9-3-5-23(9)17-15(18)16(20-13(21-17)2-4-19)22-7-11-10(6-14(24)25)12(11)8-22/h2,4,9-12,19-20H,3,5-8H2,1H3,(H,24,25)/b13-2+,19-4?. The first-order chi connectivity index (χ1) is 12.0. The molecule has 0 bridgehead atoms. The molecule has 0 amide bonds. The molecular formula is C17H22FN5O2. The quantitative estimate of drug-likeness (QED) is 0.668. The first-order valence-electron chi connectivity index (χ1n) is 8.69. The van der Waals surface area contributed by atoms with Gasteiger partial charge >= 0.3 is 5.97 Å². The molecule has 3 heterocycles. The highest BCUT2D eigenvalue weighted by molar-refractivity contribution is 5.99. The Kier molecular flexibility index (Phi) is 3.77. The third-order valence-corrected chi connectivity index (χ3v) is 5.81. The Morgan fingerprint density at radius 2 is 2.20 bits per heavy atom. The van der Waals surface area contributed by atoms with Gasteiger partial charge < -0.3 is 25.6 Å². The maximum Gasteiger partial charge on any atom is 0.303 e. The van der Waals surface area contributed by atoms with Crippen molar-refractivity contribution in [3.8, 4) is 0 Å². The number of hydrogen-bond donors (Lipinski definition) is 3. The van der Waals surface area contributed by atoms with Gasteiger partial charge in [-0.3, -0.25) is 4.79 Å². The lowest BCUT2D eigenvalue weighted by Gasteiger charge is -2.42. The number of rotatable bonds is 4. The van der Waals surface area contributed by atoms with Gasteiger partial charge in [0.1, 0.15) is 11.6 Å². The Morgan fingerprint density at radius 3 is 2.72 bits per heavy atom. The van der Waals surface area contributed by atoms with E-state index in [-0.39, 0.29) is 24.2 Å². The minimum Gasteiger partial charge on any atom is -0.481 e. The first-order valence-corrected chi connectivity index (χ1v) is 8.69. The van der Waals surface area contributed by atoms with E-state index in [0.29, 0.717) is 42.4 Å². The van der Waals surface area contributed by atoms with Gasteiger partial charge in [0, 0.05) is 38.3 Å². The lowest BCUT2D eigenvalue weighted by Crippen LogP contribution is -2.51. The first kappa shape index (κ1) is 16.1. The number of carboxylic acids is 1. The summed E-state index contributed by atoms with van der Waals surface area (Å²) in [6, 6.07) is 0.261. The van der Waals surface area contributed by atoms with Gasteiger partial charge in [-0.25, -0.2) is 4.99 Å². The Bertz CT molecular complexity index is 704. The third kappa shape index (κ3) is 2.69. The van der Waals surface area contributed by atoms with E-state index in [4.69, 9.17) is 10.5 Å². The maximum atomic E-state index is 15.1. The summed E-state index contributed by atoms with van der Waals surface area (Å²) in [5, 5.41) is 19.2. The Balaban J connectivity index is 1.54. The molecule has 8 heteroatoms. The zero-order valence-electron chi connectivity index (χ0n) is 14.1. The molecule has 3 N–H and O–H groups in total. The second-order valence-corrected chi connectivity index (χ2v) is 7.27. The number of carboxylic acid groups (broad SMARTS) is 1. The van der Waals surface area contributed by atoms with E-state index in [2.05, 4.69) is 10.3 Å². The molecule has 25 heavy (non-hydrogen) atoms. The molecule has 0 aromatic rings. The number of allylic oxidation sites excluding steroid dienone is 1. The van der Waals surface area contributed by atoms with Crippen LogP contribution in [0.1, 0.15) is 19.8 Å². The number of carbonyl (C=O) groups is 1. The van der Waals surface area contributed by atoms with Crippen molar-refractivity contribution >= 4 is 18.0 Å². The fourth-order valence-electron chi connectivity index (χ4n) is 4.21. The van der Waals surface area contributed by atoms with Crippen LogP contribution in [0.4, 0.5) is 4.39 Å². The van der Waals surface area contributed by atoms with Gasteiger partial charge in [0.25, 0.3) is 0 Å². The van der Waals surface area contributed by atoms with E-state index in [1.165, 1.54) is 6.08 Å². The number of halogens is 1. The summed E-state index contributed by atoms with van der Waals surface area (Å²) >= 11 is 0. The van der Waals surface area contributed by atoms with Crippen molar-refractivity contribution in [2.45, 2.75) is 25.8 Å². The zero-order valence-corrected chi connectivity index (χ0v) is 14.1. The van der Waals surface area contributed by atoms with Gasteiger partial charge in [0.05, 0.1) is 0 Å². The number of likely N-dealkylation sites (tertiary alicyclic amines) is 2. The molecule has 3 unspecified atom stereocenters. The number of nitrogens with one attached hydrogen (secondary N) is 2. The number of amidine groups is 1. The van der Waals surface area contributed by atoms with Gasteiger partial charge in [0.15, 0.2) is 5.84 Å². The van der Waals surface area contributed by atoms with Gasteiger partial charge in [0.2, 0.25) is 5.83 Å². The Labute approximate surface area is 145 Å². The topological polar surface area (TPSA) is 92.0 Å². The summed E-state index contributed by atoms with van der Waals surface area (Å²) in [6.45, 7) is 4.16. The average molecular weight is 347 g/mol. The lowest BCUT2D eigenvalue weighted by molar-refractivity contribution is -0.137. The normalized spacial score (nSPS) is 35.1. The summed E-state index contributed by atoms with van der Waals surface area (Å²) in [6.07, 6.45) is 3.87. The second-order valence-electron chi connectivity index (χ2n) is 7.27. The molecule has 0 spiro atoms. The highest BCUT2D eigenvalue weighted by atomic mass is 19.1. The van der Waals surface area contributed by atoms with E-state index < -0.39 is 5.97 Å². The van der Waals surface area contributed by atoms with Crippen LogP contribution in [0.25, 0.3) is 0 Å². The fourth-order valence-corrected chi connectivity index (χ4v) is 4.21. The van der Waals surface area contributed by atoms with Gasteiger partial charge in [-0.05, 0) is 37.2 Å². The number of piperidine rings is 1. The largest absolute Gasteiger partial charge is 0.481 e. The van der Waals surface area contributed by atoms with Crippen LogP contribution in [0.3, 0.4) is 0 Å². The van der Waals surface area contributed by atoms with Crippen LogP contribution in [0.15, 0.2) is 28.5 Å². The summed E-state index contributed by atoms with van der Waals surface area (Å²) in [4.78, 5) is 19.1. The molecule has 0 aromatic carbocycles. The number of aliphatic imine (C=N–C) groups is 1. The molecular weight excluding hydrogens is 325 g/mol. The zero-order chi connectivity index (χ0) is 17.7. The average Bonchev–Trinajstić information content (AvgIpc) is 2.99. The molecule has 4 aliphatic rings. The molecule has 4 rings (SSSR count). The van der Waals surface area contributed by atoms with Crippen LogP contribution in [0, 0.1) is 23.2 Å². The summed E-state index contributed by atoms with van der Waals surface area (Å²) < 4.78 is 15.1. The lowest BCUT2D eigenvalue weighted by atomic mass is 10.0. The van der Waals surface area contributed by atoms with E-state index in [1.807, 2.05) is 16.7 Å². The predicted molar refractivity (Wildman–Crippen MR) is 90.7 cm³/mol. The molecule has 2 saturated heterocycles. The van der Waals surface area contributed by atoms with Crippen LogP contribution < -0.4 is 5.32 Å². The molecule has 1 aliphatic carbocycles. The van der Waals surface area contributed by atoms with E-state index in [0.717, 1.165) is 19.2 Å². The van der Waals surface area contributed by atoms with Crippen LogP contribution in [-0.2, 0) is 4.79 Å². The van der Waals surface area contributed by atoms with Crippen LogP contribution in [-0.4, -0.2) is 58.6 Å². The molecule has 0 aromatic heterocycles. The maximum absolute atomic E-state index is 15.1. The van der Waals surface area contributed by atoms with Crippen molar-refractivity contribution in [2.24, 2.45) is 22.7 Å². The molecule has 134 valence electrons. The van der Waals surface area contributed by atoms with E-state index in [1.54, 1.807) is 0 Å². The molecule has 7 nitrogen and oxygen atoms in total. The highest BCUT2D eigenvalue weighted by Gasteiger charge is 2.57. The SMILES string of the molecule is CC1CCN1C1=N/C(=C/C=N)NC(N2CC3C(CC(=O)O)C3C2)=C1F. The molecule has 3 atom stereocenters. The minimum atomic E-state index is -0.760. The number of hydrogen-bond acceptors (Lipinski definition) is 6. The molecule has 1 saturated carbocycles. The van der Waals surface area contributed by atoms with Gasteiger partial charge in [-0.2, -0.15) is 4.39 Å². The van der Waals surface area contributed by atoms with E-state index >= 15 is 4.39 Å². The van der Waals surface area contributed by atoms with Gasteiger partial charge in [-0.15, -0.1) is 0 Å². The van der Waals surface area contributed by atoms with Crippen LogP contribution in [0.5, 0.6) is 0 Å². The van der Waals surface area contributed by atoms with Gasteiger partial charge in [-0.1, -0.05) is 0 Å². The number of aliphatic carboxylic acids is 1. The van der Waals surface area contributed by atoms with Crippen molar-refractivity contribution in [1.82, 2.24) is 15.1 Å². The molecule has 3 fully saturated rings. The minimum absolute atomic E-state index is 0.203. The third-order valence-electron chi connectivity index (χ3n) is 5.81. The monoisotopic (exact) mass is 347 g/mol. The summed E-state index contributed by atoms with van der Waals surface area (Å²) in [7, 11) is 0. The van der Waals surface area contributed by atoms with Crippen molar-refractivity contribution in [1.29, 1.82) is 5.41 Å². The Hall–Kier alpha value is -2.38. The van der Waals surface area contributed by atoms with Crippen molar-refractivity contribution in [3.63, 3.8) is 0 Å². The smallest absolute Gasteiger partial charge is 0.303 e. The van der Waals surface area contributed by atoms with E-state index in [9.17, 15) is 4.79 Å². The number of nitrogens with zero attached hydrogens (tertiary/aromatic N) is 3. The van der Waals surface area contributed by atoms with Crippen molar-refractivity contribution in [3.05, 3.63) is 23.5 Å². The molecule has 3 aliphatic heterocycles. The molecule has 0 radical (unpaired) electrons. The van der Waals surface area contributed by atoms with Crippen LogP contribution in [0.2, 0.25) is 0 Å². The van der Waals surface area contributed by atoms with Crippen molar-refractivity contribution < 1.29 is 14.3 Å². The summed E-state index contributed by atoms with van der Waals surface area (Å²) in [5.74, 6) is 0.970. The summed E-state index contributed by atoms with van der Waals surface area (Å²) in [5.41, 5.74) is 0. The predicted octanol–water partition coefficient (Wildman–Crippen LogP) is 1.36. The van der Waals surface area contributed by atoms with Crippen LogP contribution >= 0.6 is 0 Å².